The Morgan fingerprint density at radius 1 is 1.06 bits per heavy atom. The van der Waals surface area contributed by atoms with Crippen LogP contribution in [0, 0.1) is 0 Å². The van der Waals surface area contributed by atoms with E-state index in [1.807, 2.05) is 0 Å². The fraction of sp³-hybridized carbons (Fsp3) is 0.227. The molecule has 0 aliphatic rings. The molecule has 0 fully saturated rings. The molecule has 2 aromatic carbocycles. The van der Waals surface area contributed by atoms with Gasteiger partial charge in [-0.05, 0) is 17.7 Å². The highest BCUT2D eigenvalue weighted by atomic mass is 35.5. The van der Waals surface area contributed by atoms with Crippen LogP contribution in [-0.2, 0) is 27.1 Å². The summed E-state index contributed by atoms with van der Waals surface area (Å²) in [7, 11) is 3.05. The van der Waals surface area contributed by atoms with Crippen LogP contribution in [0.1, 0.15) is 11.1 Å². The molecule has 0 amide bonds. The average molecular weight is 474 g/mol. The summed E-state index contributed by atoms with van der Waals surface area (Å²) in [4.78, 5) is 28.6. The van der Waals surface area contributed by atoms with E-state index in [4.69, 9.17) is 23.2 Å². The van der Waals surface area contributed by atoms with Crippen molar-refractivity contribution in [2.24, 2.45) is 14.1 Å². The van der Waals surface area contributed by atoms with Gasteiger partial charge in [0.25, 0.3) is 5.56 Å². The molecule has 4 aromatic rings. The van der Waals surface area contributed by atoms with Crippen molar-refractivity contribution in [3.8, 4) is 5.75 Å². The van der Waals surface area contributed by atoms with Crippen molar-refractivity contribution >= 4 is 40.3 Å². The van der Waals surface area contributed by atoms with E-state index in [1.165, 1.54) is 23.7 Å². The molecule has 0 atom stereocenters. The third-order valence-corrected chi connectivity index (χ3v) is 5.98. The molecule has 0 aliphatic carbocycles. The van der Waals surface area contributed by atoms with Crippen LogP contribution in [-0.4, -0.2) is 20.7 Å². The SMILES string of the molecule is Cn1c(=O)c2c([nH]c(NCCc3ccc([O-])cc3)[n+]2Cc2ccc(Cl)cc2Cl)n(C)c1=O. The van der Waals surface area contributed by atoms with Crippen molar-refractivity contribution in [3.05, 3.63) is 84.5 Å². The molecule has 0 saturated carbocycles. The number of halogens is 2. The van der Waals surface area contributed by atoms with Crippen LogP contribution in [0.3, 0.4) is 0 Å². The van der Waals surface area contributed by atoms with Crippen LogP contribution in [0.15, 0.2) is 52.1 Å². The molecule has 2 aromatic heterocycles. The number of aryl methyl sites for hydroxylation is 1. The van der Waals surface area contributed by atoms with Gasteiger partial charge in [-0.3, -0.25) is 19.2 Å². The van der Waals surface area contributed by atoms with Crippen LogP contribution in [0.2, 0.25) is 10.0 Å². The third-order valence-electron chi connectivity index (χ3n) is 5.39. The summed E-state index contributed by atoms with van der Waals surface area (Å²) in [6, 6.07) is 11.8. The van der Waals surface area contributed by atoms with Crippen LogP contribution >= 0.6 is 23.2 Å². The molecule has 4 rings (SSSR count). The van der Waals surface area contributed by atoms with Crippen LogP contribution in [0.25, 0.3) is 11.2 Å². The molecule has 10 heteroatoms. The third kappa shape index (κ3) is 4.11. The second-order valence-corrected chi connectivity index (χ2v) is 8.36. The van der Waals surface area contributed by atoms with Crippen molar-refractivity contribution in [3.63, 3.8) is 0 Å². The number of benzene rings is 2. The largest absolute Gasteiger partial charge is 0.872 e. The second kappa shape index (κ2) is 8.72. The van der Waals surface area contributed by atoms with E-state index in [9.17, 15) is 14.7 Å². The van der Waals surface area contributed by atoms with E-state index in [1.54, 1.807) is 41.9 Å². The summed E-state index contributed by atoms with van der Waals surface area (Å²) >= 11 is 12.4. The first-order valence-electron chi connectivity index (χ1n) is 9.91. The lowest BCUT2D eigenvalue weighted by Crippen LogP contribution is -2.45. The molecule has 0 unspecified atom stereocenters. The van der Waals surface area contributed by atoms with E-state index < -0.39 is 11.2 Å². The van der Waals surface area contributed by atoms with Crippen molar-refractivity contribution in [2.45, 2.75) is 13.0 Å². The minimum absolute atomic E-state index is 0.0354. The Kier molecular flexibility index (Phi) is 5.99. The maximum Gasteiger partial charge on any atom is 0.357 e. The zero-order chi connectivity index (χ0) is 23.0. The van der Waals surface area contributed by atoms with Crippen molar-refractivity contribution in [2.75, 3.05) is 11.9 Å². The smallest absolute Gasteiger partial charge is 0.357 e. The van der Waals surface area contributed by atoms with Crippen LogP contribution < -0.4 is 26.2 Å². The predicted molar refractivity (Wildman–Crippen MR) is 123 cm³/mol. The van der Waals surface area contributed by atoms with Gasteiger partial charge in [-0.15, -0.1) is 5.75 Å². The Hall–Kier alpha value is -3.23. The summed E-state index contributed by atoms with van der Waals surface area (Å²) in [6.07, 6.45) is 0.661. The van der Waals surface area contributed by atoms with Gasteiger partial charge < -0.3 is 5.11 Å². The first-order valence-corrected chi connectivity index (χ1v) is 10.7. The van der Waals surface area contributed by atoms with Crippen molar-refractivity contribution in [1.29, 1.82) is 0 Å². The molecule has 0 radical (unpaired) electrons. The van der Waals surface area contributed by atoms with Gasteiger partial charge in [-0.1, -0.05) is 53.5 Å². The number of imidazole rings is 1. The van der Waals surface area contributed by atoms with Crippen molar-refractivity contribution in [1.82, 2.24) is 14.1 Å². The average Bonchev–Trinajstić information content (AvgIpc) is 3.12. The summed E-state index contributed by atoms with van der Waals surface area (Å²) in [6.45, 7) is 0.824. The molecule has 166 valence electrons. The van der Waals surface area contributed by atoms with Gasteiger partial charge in [0, 0.05) is 36.1 Å². The molecule has 0 aliphatic heterocycles. The lowest BCUT2D eigenvalue weighted by Gasteiger charge is -2.08. The number of rotatable bonds is 6. The number of nitrogens with one attached hydrogen (secondary N) is 2. The minimum Gasteiger partial charge on any atom is -0.872 e. The fourth-order valence-electron chi connectivity index (χ4n) is 3.60. The van der Waals surface area contributed by atoms with Crippen LogP contribution in [0.5, 0.6) is 5.75 Å². The maximum atomic E-state index is 13.0. The van der Waals surface area contributed by atoms with Crippen LogP contribution in [0.4, 0.5) is 5.95 Å². The van der Waals surface area contributed by atoms with E-state index in [0.29, 0.717) is 40.1 Å². The summed E-state index contributed by atoms with van der Waals surface area (Å²) in [5.41, 5.74) is 1.68. The lowest BCUT2D eigenvalue weighted by molar-refractivity contribution is -0.648. The normalized spacial score (nSPS) is 11.2. The highest BCUT2D eigenvalue weighted by Crippen LogP contribution is 2.21. The number of nitrogens with zero attached hydrogens (tertiary/aromatic N) is 3. The number of anilines is 1. The summed E-state index contributed by atoms with van der Waals surface area (Å²) < 4.78 is 4.24. The maximum absolute atomic E-state index is 13.0. The standard InChI is InChI=1S/C22H21Cl2N5O3/c1-27-19-18(20(31)28(2)22(27)32)29(12-14-5-6-15(23)11-17(14)24)21(26-19)25-10-9-13-3-7-16(30)8-4-13/h3-8,11H,9-10,12H2,1-2H3,(H2,25,26,30,31). The zero-order valence-electron chi connectivity index (χ0n) is 17.5. The Morgan fingerprint density at radius 2 is 1.78 bits per heavy atom. The van der Waals surface area contributed by atoms with Gasteiger partial charge in [0.15, 0.2) is 0 Å². The van der Waals surface area contributed by atoms with Gasteiger partial charge >= 0.3 is 11.6 Å². The minimum atomic E-state index is -0.426. The van der Waals surface area contributed by atoms with Gasteiger partial charge in [-0.25, -0.2) is 14.3 Å². The van der Waals surface area contributed by atoms with E-state index in [0.717, 1.165) is 15.7 Å². The molecular formula is C22H21Cl2N5O3. The van der Waals surface area contributed by atoms with E-state index >= 15 is 0 Å². The number of aromatic nitrogens is 4. The summed E-state index contributed by atoms with van der Waals surface area (Å²) in [5.74, 6) is 0.525. The van der Waals surface area contributed by atoms with Crippen molar-refractivity contribution < 1.29 is 9.67 Å². The van der Waals surface area contributed by atoms with Gasteiger partial charge in [-0.2, -0.15) is 0 Å². The molecule has 0 saturated heterocycles. The van der Waals surface area contributed by atoms with Gasteiger partial charge in [0.1, 0.15) is 0 Å². The molecule has 0 spiro atoms. The lowest BCUT2D eigenvalue weighted by atomic mass is 10.1. The Morgan fingerprint density at radius 3 is 2.47 bits per heavy atom. The number of H-pyrrole nitrogens is 1. The molecule has 2 N–H and O–H groups in total. The Balaban J connectivity index is 1.76. The number of hydrogen-bond donors (Lipinski definition) is 2. The highest BCUT2D eigenvalue weighted by molar-refractivity contribution is 6.35. The van der Waals surface area contributed by atoms with Gasteiger partial charge in [0.05, 0.1) is 13.1 Å². The van der Waals surface area contributed by atoms with E-state index in [-0.39, 0.29) is 12.3 Å². The fourth-order valence-corrected chi connectivity index (χ4v) is 4.07. The Bertz CT molecular complexity index is 1420. The molecular weight excluding hydrogens is 453 g/mol. The van der Waals surface area contributed by atoms with E-state index in [2.05, 4.69) is 10.3 Å². The summed E-state index contributed by atoms with van der Waals surface area (Å²) in [5, 5.41) is 15.6. The molecule has 8 nitrogen and oxygen atoms in total. The molecule has 32 heavy (non-hydrogen) atoms. The topological polar surface area (TPSA) is 98.8 Å². The number of hydrogen-bond acceptors (Lipinski definition) is 4. The highest BCUT2D eigenvalue weighted by Gasteiger charge is 2.25. The number of fused-ring (bicyclic) bond motifs is 1. The molecule has 2 heterocycles. The van der Waals surface area contributed by atoms with Gasteiger partial charge in [0.2, 0.25) is 11.2 Å². The Labute approximate surface area is 193 Å². The monoisotopic (exact) mass is 473 g/mol. The zero-order valence-corrected chi connectivity index (χ0v) is 19.0. The first-order chi connectivity index (χ1) is 15.3. The second-order valence-electron chi connectivity index (χ2n) is 7.52. The first kappa shape index (κ1) is 22.0. The molecule has 0 bridgehead atoms. The predicted octanol–water partition coefficient (Wildman–Crippen LogP) is 1.94. The quantitative estimate of drug-likeness (QED) is 0.418. The number of aromatic amines is 1.